The number of hydrogen-bond donors (Lipinski definition) is 0. The molecule has 5 heterocycles. The average Bonchev–Trinajstić information content (AvgIpc) is 4.11. The lowest BCUT2D eigenvalue weighted by Crippen LogP contribution is -2.58. The van der Waals surface area contributed by atoms with Crippen LogP contribution in [0, 0.1) is 29.6 Å². The summed E-state index contributed by atoms with van der Waals surface area (Å²) < 4.78 is 10.2. The van der Waals surface area contributed by atoms with Crippen LogP contribution in [0.15, 0.2) is 168 Å². The van der Waals surface area contributed by atoms with E-state index in [-0.39, 0.29) is 17.7 Å². The summed E-state index contributed by atoms with van der Waals surface area (Å²) in [5, 5.41) is 5.35. The third-order valence-electron chi connectivity index (χ3n) is 21.5. The molecule has 8 aromatic carbocycles. The molecule has 10 aromatic rings. The summed E-state index contributed by atoms with van der Waals surface area (Å²) in [4.78, 5) is 2.68. The van der Waals surface area contributed by atoms with Gasteiger partial charge in [-0.3, -0.25) is 0 Å². The fourth-order valence-corrected chi connectivity index (χ4v) is 19.2. The second-order valence-electron chi connectivity index (χ2n) is 24.9. The Bertz CT molecular complexity index is 3940. The molecule has 6 aliphatic carbocycles. The molecule has 4 heteroatoms. The lowest BCUT2D eigenvalue weighted by Gasteiger charge is -2.57. The molecule has 73 heavy (non-hydrogen) atoms. The number of aromatic nitrogens is 1. The number of rotatable bonds is 5. The van der Waals surface area contributed by atoms with Crippen LogP contribution in [0.5, 0.6) is 0 Å². The molecule has 9 aliphatic rings. The third kappa shape index (κ3) is 5.05. The van der Waals surface area contributed by atoms with Crippen molar-refractivity contribution in [1.82, 2.24) is 4.48 Å². The van der Waals surface area contributed by atoms with E-state index >= 15 is 0 Å². The van der Waals surface area contributed by atoms with E-state index in [9.17, 15) is 0 Å². The zero-order valence-electron chi connectivity index (χ0n) is 41.8. The number of hydrogen-bond acceptors (Lipinski definition) is 2. The van der Waals surface area contributed by atoms with Gasteiger partial charge in [0.25, 0.3) is 0 Å². The minimum absolute atomic E-state index is 0.0854. The Hall–Kier alpha value is -6.78. The van der Waals surface area contributed by atoms with Gasteiger partial charge in [-0.2, -0.15) is 0 Å². The van der Waals surface area contributed by atoms with Gasteiger partial charge >= 0.3 is 6.85 Å². The van der Waals surface area contributed by atoms with Gasteiger partial charge < -0.3 is 13.8 Å². The molecule has 2 unspecified atom stereocenters. The van der Waals surface area contributed by atoms with Crippen molar-refractivity contribution in [2.75, 3.05) is 4.90 Å². The first-order valence-electron chi connectivity index (χ1n) is 28.3. The molecule has 2 aromatic heterocycles. The largest absolute Gasteiger partial charge is 0.454 e. The number of fused-ring (bicyclic) bond motifs is 15. The molecule has 6 saturated carbocycles. The highest BCUT2D eigenvalue weighted by molar-refractivity contribution is 6.90. The van der Waals surface area contributed by atoms with Crippen molar-refractivity contribution in [2.24, 2.45) is 29.6 Å². The first-order valence-corrected chi connectivity index (χ1v) is 28.3. The zero-order chi connectivity index (χ0) is 47.5. The van der Waals surface area contributed by atoms with E-state index < -0.39 is 5.41 Å². The van der Waals surface area contributed by atoms with Crippen molar-refractivity contribution >= 4 is 78.6 Å². The number of furan rings is 1. The Kier molecular flexibility index (Phi) is 7.85. The normalized spacial score (nSPS) is 27.3. The number of para-hydroxylation sites is 3. The van der Waals surface area contributed by atoms with Gasteiger partial charge in [0.2, 0.25) is 0 Å². The molecule has 0 spiro atoms. The molecule has 0 N–H and O–H groups in total. The molecule has 3 nitrogen and oxygen atoms in total. The second-order valence-corrected chi connectivity index (χ2v) is 24.9. The Labute approximate surface area is 428 Å². The van der Waals surface area contributed by atoms with Gasteiger partial charge in [-0.05, 0) is 197 Å². The quantitative estimate of drug-likeness (QED) is 0.160. The first kappa shape index (κ1) is 40.7. The molecule has 6 fully saturated rings. The Morgan fingerprint density at radius 1 is 0.521 bits per heavy atom. The van der Waals surface area contributed by atoms with Gasteiger partial charge in [0.05, 0.1) is 16.8 Å². The maximum atomic E-state index is 7.37. The minimum Gasteiger partial charge on any atom is -0.454 e. The van der Waals surface area contributed by atoms with Crippen molar-refractivity contribution in [2.45, 2.75) is 100 Å². The molecule has 19 rings (SSSR count). The third-order valence-corrected chi connectivity index (χ3v) is 21.5. The van der Waals surface area contributed by atoms with E-state index in [2.05, 4.69) is 180 Å². The summed E-state index contributed by atoms with van der Waals surface area (Å²) in [5.41, 5.74) is 22.3. The van der Waals surface area contributed by atoms with Crippen molar-refractivity contribution in [3.63, 3.8) is 0 Å². The van der Waals surface area contributed by atoms with Crippen LogP contribution in [0.4, 0.5) is 17.1 Å². The van der Waals surface area contributed by atoms with E-state index in [0.29, 0.717) is 0 Å². The van der Waals surface area contributed by atoms with Crippen molar-refractivity contribution < 1.29 is 4.42 Å². The molecular weight excluding hydrogens is 884 g/mol. The maximum Gasteiger partial charge on any atom is 0.333 e. The minimum atomic E-state index is -0.584. The molecular formula is C69H59BN2O. The van der Waals surface area contributed by atoms with Crippen LogP contribution < -0.4 is 15.8 Å². The first-order chi connectivity index (χ1) is 36.0. The summed E-state index contributed by atoms with van der Waals surface area (Å²) >= 11 is 0. The predicted molar refractivity (Wildman–Crippen MR) is 301 cm³/mol. The maximum absolute atomic E-state index is 7.37. The molecule has 0 saturated heterocycles. The highest BCUT2D eigenvalue weighted by Crippen LogP contribution is 2.64. The second kappa shape index (κ2) is 14.1. The summed E-state index contributed by atoms with van der Waals surface area (Å²) in [5.74, 6) is 4.34. The fourth-order valence-electron chi connectivity index (χ4n) is 19.2. The van der Waals surface area contributed by atoms with E-state index in [1.165, 1.54) is 171 Å². The average molecular weight is 943 g/mol. The van der Waals surface area contributed by atoms with Crippen molar-refractivity contribution in [3.05, 3.63) is 197 Å². The summed E-state index contributed by atoms with van der Waals surface area (Å²) in [7, 11) is 0. The number of anilines is 3. The highest BCUT2D eigenvalue weighted by Gasteiger charge is 2.55. The monoisotopic (exact) mass is 942 g/mol. The number of benzene rings is 8. The van der Waals surface area contributed by atoms with Crippen LogP contribution in [-0.2, 0) is 16.2 Å². The molecule has 2 atom stereocenters. The fraction of sp³-hybridized carbons (Fsp3) is 0.304. The van der Waals surface area contributed by atoms with Crippen LogP contribution in [0.3, 0.4) is 0 Å². The van der Waals surface area contributed by atoms with Crippen LogP contribution in [0.2, 0.25) is 0 Å². The van der Waals surface area contributed by atoms with E-state index in [1.54, 1.807) is 11.1 Å². The SMILES string of the molecule is CCC1(c2ccc3c(c2)c2cc(C45CC6CC(CC(C6)C4)C5)cc4c2n3B2c3cccc5c3N(c3ccccc3C5(c3ccccc3)c3ccccc3)c3c2c-4cc2c3oc3ccccc32)CC2CCC(C2)C1. The molecule has 0 amide bonds. The standard InChI is InChI=1S/C69H59BN2O/c1-2-67(36-41-24-25-42(28-41)37-67)48-26-27-59-51(32-48)53-33-49(68-38-43-29-44(39-68)31-45(30-43)40-68)34-54-52-35-55-50-18-9-12-23-61(50)73-66(55)65-62(52)70(72(59)63(53)54)58-21-13-20-57-64(58)71(65)60-22-11-10-19-56(60)69(57,46-14-5-3-6-15-46)47-16-7-4-8-17-47/h3-23,26-27,32-35,41-45H,2,24-25,28-31,36-40H2,1H3. The van der Waals surface area contributed by atoms with Crippen molar-refractivity contribution in [1.29, 1.82) is 0 Å². The summed E-state index contributed by atoms with van der Waals surface area (Å²) in [6.07, 6.45) is 16.6. The van der Waals surface area contributed by atoms with Crippen LogP contribution in [-0.4, -0.2) is 11.3 Å². The van der Waals surface area contributed by atoms with E-state index in [4.69, 9.17) is 4.42 Å². The Morgan fingerprint density at radius 2 is 1.18 bits per heavy atom. The van der Waals surface area contributed by atoms with E-state index in [0.717, 1.165) is 40.8 Å². The molecule has 3 aliphatic heterocycles. The van der Waals surface area contributed by atoms with Gasteiger partial charge in [-0.1, -0.05) is 141 Å². The van der Waals surface area contributed by atoms with Crippen LogP contribution in [0.1, 0.15) is 117 Å². The molecule has 6 bridgehead atoms. The summed E-state index contributed by atoms with van der Waals surface area (Å²) in [6, 6.07) is 64.3. The number of nitrogens with zero attached hydrogens (tertiary/aromatic N) is 2. The van der Waals surface area contributed by atoms with Crippen molar-refractivity contribution in [3.8, 4) is 11.1 Å². The van der Waals surface area contributed by atoms with E-state index in [1.807, 2.05) is 0 Å². The van der Waals surface area contributed by atoms with Gasteiger partial charge in [0.1, 0.15) is 5.58 Å². The molecule has 354 valence electrons. The van der Waals surface area contributed by atoms with Gasteiger partial charge in [0, 0.05) is 43.8 Å². The Morgan fingerprint density at radius 3 is 1.92 bits per heavy atom. The van der Waals surface area contributed by atoms with Gasteiger partial charge in [-0.15, -0.1) is 0 Å². The molecule has 0 radical (unpaired) electrons. The lowest BCUT2D eigenvalue weighted by atomic mass is 9.43. The van der Waals surface area contributed by atoms with Crippen LogP contribution in [0.25, 0.3) is 54.9 Å². The van der Waals surface area contributed by atoms with Crippen LogP contribution >= 0.6 is 0 Å². The summed E-state index contributed by atoms with van der Waals surface area (Å²) in [6.45, 7) is 2.42. The zero-order valence-corrected chi connectivity index (χ0v) is 41.8. The van der Waals surface area contributed by atoms with Gasteiger partial charge in [0.15, 0.2) is 5.58 Å². The predicted octanol–water partition coefficient (Wildman–Crippen LogP) is 16.1. The smallest absolute Gasteiger partial charge is 0.333 e. The topological polar surface area (TPSA) is 21.3 Å². The highest BCUT2D eigenvalue weighted by atomic mass is 16.3. The van der Waals surface area contributed by atoms with Gasteiger partial charge in [-0.25, -0.2) is 0 Å². The lowest BCUT2D eigenvalue weighted by molar-refractivity contribution is -0.00511. The Balaban J connectivity index is 1.00.